The molecule has 0 aromatic carbocycles. The summed E-state index contributed by atoms with van der Waals surface area (Å²) in [4.78, 5) is 23.1. The Bertz CT molecular complexity index is 222. The minimum atomic E-state index is -0.174. The highest BCUT2D eigenvalue weighted by molar-refractivity contribution is 5.92. The largest absolute Gasteiger partial charge is 0.355 e. The van der Waals surface area contributed by atoms with Crippen molar-refractivity contribution in [1.82, 2.24) is 10.2 Å². The lowest BCUT2D eigenvalue weighted by molar-refractivity contribution is -0.117. The van der Waals surface area contributed by atoms with Crippen molar-refractivity contribution >= 4 is 12.3 Å². The van der Waals surface area contributed by atoms with Crippen molar-refractivity contribution in [2.24, 2.45) is 0 Å². The number of carbonyl (C=O) groups is 2. The summed E-state index contributed by atoms with van der Waals surface area (Å²) in [7, 11) is 1.56. The van der Waals surface area contributed by atoms with Crippen molar-refractivity contribution < 1.29 is 9.59 Å². The Kier molecular flexibility index (Phi) is 4.80. The van der Waals surface area contributed by atoms with Gasteiger partial charge in [0.1, 0.15) is 0 Å². The van der Waals surface area contributed by atoms with Gasteiger partial charge in [0.25, 0.3) is 0 Å². The maximum atomic E-state index is 11.1. The van der Waals surface area contributed by atoms with E-state index in [-0.39, 0.29) is 11.9 Å². The van der Waals surface area contributed by atoms with Gasteiger partial charge in [-0.05, 0) is 20.8 Å². The fourth-order valence-corrected chi connectivity index (χ4v) is 0.781. The number of hydrogen-bond acceptors (Lipinski definition) is 2. The van der Waals surface area contributed by atoms with E-state index in [4.69, 9.17) is 0 Å². The minimum Gasteiger partial charge on any atom is -0.355 e. The van der Waals surface area contributed by atoms with Crippen LogP contribution in [0, 0.1) is 0 Å². The molecule has 0 aromatic heterocycles. The summed E-state index contributed by atoms with van der Waals surface area (Å²) in [5, 5.41) is 2.48. The van der Waals surface area contributed by atoms with Crippen LogP contribution in [0.15, 0.2) is 11.8 Å². The van der Waals surface area contributed by atoms with E-state index in [2.05, 4.69) is 5.32 Å². The van der Waals surface area contributed by atoms with Crippen LogP contribution in [-0.2, 0) is 9.59 Å². The third kappa shape index (κ3) is 3.73. The second-order valence-electron chi connectivity index (χ2n) is 3.04. The predicted molar refractivity (Wildman–Crippen MR) is 50.9 cm³/mol. The molecule has 0 aromatic rings. The predicted octanol–water partition coefficient (Wildman–Crippen LogP) is 0.503. The third-order valence-corrected chi connectivity index (χ3v) is 1.65. The van der Waals surface area contributed by atoms with Crippen molar-refractivity contribution in [2.75, 3.05) is 7.05 Å². The van der Waals surface area contributed by atoms with Crippen molar-refractivity contribution in [2.45, 2.75) is 26.8 Å². The van der Waals surface area contributed by atoms with Crippen LogP contribution in [0.3, 0.4) is 0 Å². The Labute approximate surface area is 78.6 Å². The van der Waals surface area contributed by atoms with Crippen molar-refractivity contribution in [3.63, 3.8) is 0 Å². The molecule has 0 atom stereocenters. The summed E-state index contributed by atoms with van der Waals surface area (Å²) in [5.41, 5.74) is 0.517. The molecule has 0 aliphatic carbocycles. The number of carbonyl (C=O) groups excluding carboxylic acids is 2. The first-order valence-corrected chi connectivity index (χ1v) is 4.16. The molecule has 0 unspecified atom stereocenters. The fourth-order valence-electron chi connectivity index (χ4n) is 0.781. The summed E-state index contributed by atoms with van der Waals surface area (Å²) in [6.45, 7) is 5.42. The van der Waals surface area contributed by atoms with Gasteiger partial charge in [-0.15, -0.1) is 0 Å². The van der Waals surface area contributed by atoms with E-state index in [1.165, 1.54) is 11.1 Å². The molecule has 0 aliphatic heterocycles. The Morgan fingerprint density at radius 2 is 2.00 bits per heavy atom. The normalized spacial score (nSPS) is 11.3. The standard InChI is InChI=1S/C9H16N2O2/c1-7(2)11(6-12)5-8(3)9(13)10-4/h5-7H,1-4H3,(H,10,13)/b8-5-. The SMILES string of the molecule is CNC(=O)/C(C)=C\N(C=O)C(C)C. The number of rotatable bonds is 4. The number of amides is 2. The third-order valence-electron chi connectivity index (χ3n) is 1.65. The first kappa shape index (κ1) is 11.7. The molecule has 0 heterocycles. The van der Waals surface area contributed by atoms with Crippen LogP contribution in [0.2, 0.25) is 0 Å². The van der Waals surface area contributed by atoms with Crippen LogP contribution in [0.1, 0.15) is 20.8 Å². The van der Waals surface area contributed by atoms with E-state index in [1.807, 2.05) is 13.8 Å². The zero-order valence-electron chi connectivity index (χ0n) is 8.50. The van der Waals surface area contributed by atoms with Gasteiger partial charge in [0.15, 0.2) is 0 Å². The average molecular weight is 184 g/mol. The summed E-state index contributed by atoms with van der Waals surface area (Å²) >= 11 is 0. The Balaban J connectivity index is 4.50. The van der Waals surface area contributed by atoms with Gasteiger partial charge in [-0.3, -0.25) is 9.59 Å². The van der Waals surface area contributed by atoms with Gasteiger partial charge in [0.05, 0.1) is 0 Å². The van der Waals surface area contributed by atoms with E-state index in [0.717, 1.165) is 0 Å². The molecule has 4 nitrogen and oxygen atoms in total. The summed E-state index contributed by atoms with van der Waals surface area (Å²) in [6, 6.07) is 0.0668. The summed E-state index contributed by atoms with van der Waals surface area (Å²) < 4.78 is 0. The summed E-state index contributed by atoms with van der Waals surface area (Å²) in [5.74, 6) is -0.174. The first-order chi connectivity index (χ1) is 6.02. The molecule has 0 radical (unpaired) electrons. The molecule has 0 bridgehead atoms. The molecule has 13 heavy (non-hydrogen) atoms. The Morgan fingerprint density at radius 1 is 1.46 bits per heavy atom. The number of hydrogen-bond donors (Lipinski definition) is 1. The molecule has 0 rings (SSSR count). The second-order valence-corrected chi connectivity index (χ2v) is 3.04. The van der Waals surface area contributed by atoms with E-state index in [0.29, 0.717) is 12.0 Å². The molecule has 2 amide bonds. The lowest BCUT2D eigenvalue weighted by Gasteiger charge is -2.17. The molecular formula is C9H16N2O2. The maximum Gasteiger partial charge on any atom is 0.248 e. The Morgan fingerprint density at radius 3 is 2.31 bits per heavy atom. The van der Waals surface area contributed by atoms with Crippen LogP contribution >= 0.6 is 0 Å². The van der Waals surface area contributed by atoms with Gasteiger partial charge in [-0.2, -0.15) is 0 Å². The summed E-state index contributed by atoms with van der Waals surface area (Å²) in [6.07, 6.45) is 2.24. The average Bonchev–Trinajstić information content (AvgIpc) is 2.11. The molecule has 0 saturated carbocycles. The smallest absolute Gasteiger partial charge is 0.248 e. The molecule has 0 spiro atoms. The molecule has 4 heteroatoms. The highest BCUT2D eigenvalue weighted by Gasteiger charge is 2.06. The molecule has 74 valence electrons. The number of likely N-dealkylation sites (N-methyl/N-ethyl adjacent to an activating group) is 1. The zero-order chi connectivity index (χ0) is 10.4. The van der Waals surface area contributed by atoms with Gasteiger partial charge < -0.3 is 10.2 Å². The quantitative estimate of drug-likeness (QED) is 0.511. The lowest BCUT2D eigenvalue weighted by atomic mass is 10.3. The highest BCUT2D eigenvalue weighted by atomic mass is 16.2. The van der Waals surface area contributed by atoms with Crippen molar-refractivity contribution in [3.8, 4) is 0 Å². The van der Waals surface area contributed by atoms with E-state index < -0.39 is 0 Å². The van der Waals surface area contributed by atoms with Crippen LogP contribution in [0.25, 0.3) is 0 Å². The van der Waals surface area contributed by atoms with Crippen LogP contribution in [0.4, 0.5) is 0 Å². The molecular weight excluding hydrogens is 168 g/mol. The molecule has 0 fully saturated rings. The van der Waals surface area contributed by atoms with Gasteiger partial charge >= 0.3 is 0 Å². The number of nitrogens with one attached hydrogen (secondary N) is 1. The van der Waals surface area contributed by atoms with E-state index >= 15 is 0 Å². The van der Waals surface area contributed by atoms with Gasteiger partial charge in [0.2, 0.25) is 12.3 Å². The lowest BCUT2D eigenvalue weighted by Crippen LogP contribution is -2.26. The van der Waals surface area contributed by atoms with Crippen molar-refractivity contribution in [1.29, 1.82) is 0 Å². The number of nitrogens with zero attached hydrogens (tertiary/aromatic N) is 1. The first-order valence-electron chi connectivity index (χ1n) is 4.16. The molecule has 0 saturated heterocycles. The maximum absolute atomic E-state index is 11.1. The van der Waals surface area contributed by atoms with E-state index in [1.54, 1.807) is 14.0 Å². The van der Waals surface area contributed by atoms with Gasteiger partial charge in [-0.25, -0.2) is 0 Å². The van der Waals surface area contributed by atoms with Gasteiger partial charge in [-0.1, -0.05) is 0 Å². The Hall–Kier alpha value is -1.32. The van der Waals surface area contributed by atoms with E-state index in [9.17, 15) is 9.59 Å². The monoisotopic (exact) mass is 184 g/mol. The topological polar surface area (TPSA) is 49.4 Å². The van der Waals surface area contributed by atoms with Crippen LogP contribution in [0.5, 0.6) is 0 Å². The fraction of sp³-hybridized carbons (Fsp3) is 0.556. The highest BCUT2D eigenvalue weighted by Crippen LogP contribution is 2.00. The molecule has 1 N–H and O–H groups in total. The van der Waals surface area contributed by atoms with Gasteiger partial charge in [0, 0.05) is 24.9 Å². The molecule has 0 aliphatic rings. The van der Waals surface area contributed by atoms with Crippen LogP contribution in [-0.4, -0.2) is 30.3 Å². The zero-order valence-corrected chi connectivity index (χ0v) is 8.50. The van der Waals surface area contributed by atoms with Crippen LogP contribution < -0.4 is 5.32 Å². The second kappa shape index (κ2) is 5.35. The minimum absolute atomic E-state index is 0.0668. The van der Waals surface area contributed by atoms with Crippen molar-refractivity contribution in [3.05, 3.63) is 11.8 Å².